The van der Waals surface area contributed by atoms with Gasteiger partial charge in [-0.1, -0.05) is 12.1 Å². The molecule has 0 aliphatic rings. The van der Waals surface area contributed by atoms with Crippen LogP contribution in [0.25, 0.3) is 11.0 Å². The maximum atomic E-state index is 12.3. The number of hydrogen-bond donors (Lipinski definition) is 3. The lowest BCUT2D eigenvalue weighted by Gasteiger charge is -2.12. The van der Waals surface area contributed by atoms with E-state index in [9.17, 15) is 14.4 Å². The predicted octanol–water partition coefficient (Wildman–Crippen LogP) is 3.33. The van der Waals surface area contributed by atoms with E-state index >= 15 is 0 Å². The van der Waals surface area contributed by atoms with Crippen LogP contribution in [-0.2, 0) is 4.74 Å². The van der Waals surface area contributed by atoms with E-state index in [4.69, 9.17) is 4.42 Å². The molecule has 2 heterocycles. The molecule has 0 unspecified atom stereocenters. The molecular formula is C17H15N3O5S. The highest BCUT2D eigenvalue weighted by Gasteiger charge is 2.19. The fourth-order valence-corrected chi connectivity index (χ4v) is 3.21. The number of ether oxygens (including phenoxy) is 1. The summed E-state index contributed by atoms with van der Waals surface area (Å²) in [5, 5.41) is 10.2. The number of rotatable bonds is 4. The number of para-hydroxylation sites is 1. The van der Waals surface area contributed by atoms with E-state index in [2.05, 4.69) is 20.7 Å². The molecule has 3 N–H and O–H groups in total. The Morgan fingerprint density at radius 2 is 1.88 bits per heavy atom. The van der Waals surface area contributed by atoms with Crippen LogP contribution in [0, 0.1) is 0 Å². The summed E-state index contributed by atoms with van der Waals surface area (Å²) in [5.41, 5.74) is 0.403. The number of urea groups is 1. The van der Waals surface area contributed by atoms with Gasteiger partial charge in [0.2, 0.25) is 0 Å². The summed E-state index contributed by atoms with van der Waals surface area (Å²) in [6.45, 7) is 0. The number of thiophene rings is 1. The lowest BCUT2D eigenvalue weighted by atomic mass is 10.2. The van der Waals surface area contributed by atoms with Gasteiger partial charge in [0, 0.05) is 12.4 Å². The Hall–Kier alpha value is -3.33. The van der Waals surface area contributed by atoms with Crippen molar-refractivity contribution in [2.45, 2.75) is 0 Å². The molecule has 0 spiro atoms. The molecule has 0 bridgehead atoms. The van der Waals surface area contributed by atoms with Crippen molar-refractivity contribution >= 4 is 51.4 Å². The highest BCUT2D eigenvalue weighted by atomic mass is 32.1. The second-order valence-corrected chi connectivity index (χ2v) is 6.04. The number of hydrogen-bond acceptors (Lipinski definition) is 7. The van der Waals surface area contributed by atoms with E-state index in [1.807, 2.05) is 0 Å². The standard InChI is InChI=1S/C17H15N3O5S/c1-18-12-9-5-3-4-6-11(9)25-15(21)13(12)20-17(23)19-10-7-8-26-14(10)16(22)24-2/h3-8,18H,1-2H3,(H2,19,20,23). The smallest absolute Gasteiger partial charge is 0.362 e. The van der Waals surface area contributed by atoms with Crippen molar-refractivity contribution in [3.05, 3.63) is 51.0 Å². The van der Waals surface area contributed by atoms with Crippen molar-refractivity contribution in [3.8, 4) is 0 Å². The number of anilines is 3. The number of methoxy groups -OCH3 is 1. The lowest BCUT2D eigenvalue weighted by Crippen LogP contribution is -2.24. The van der Waals surface area contributed by atoms with Crippen LogP contribution in [0.15, 0.2) is 44.9 Å². The molecule has 26 heavy (non-hydrogen) atoms. The molecule has 0 fully saturated rings. The van der Waals surface area contributed by atoms with Crippen molar-refractivity contribution in [3.63, 3.8) is 0 Å². The summed E-state index contributed by atoms with van der Waals surface area (Å²) in [4.78, 5) is 36.5. The van der Waals surface area contributed by atoms with Gasteiger partial charge < -0.3 is 19.8 Å². The second kappa shape index (κ2) is 7.28. The van der Waals surface area contributed by atoms with Gasteiger partial charge in [-0.2, -0.15) is 0 Å². The van der Waals surface area contributed by atoms with E-state index in [-0.39, 0.29) is 16.3 Å². The molecule has 0 aliphatic heterocycles. The fraction of sp³-hybridized carbons (Fsp3) is 0.118. The van der Waals surface area contributed by atoms with Gasteiger partial charge >= 0.3 is 17.6 Å². The van der Waals surface area contributed by atoms with Crippen LogP contribution in [0.4, 0.5) is 21.9 Å². The molecule has 2 aromatic heterocycles. The van der Waals surface area contributed by atoms with Gasteiger partial charge in [-0.05, 0) is 23.6 Å². The largest absolute Gasteiger partial charge is 0.465 e. The summed E-state index contributed by atoms with van der Waals surface area (Å²) in [5.74, 6) is -0.559. The van der Waals surface area contributed by atoms with Gasteiger partial charge in [-0.15, -0.1) is 11.3 Å². The number of nitrogens with one attached hydrogen (secondary N) is 3. The highest BCUT2D eigenvalue weighted by Crippen LogP contribution is 2.28. The van der Waals surface area contributed by atoms with Crippen LogP contribution in [0.1, 0.15) is 9.67 Å². The highest BCUT2D eigenvalue weighted by molar-refractivity contribution is 7.12. The Bertz CT molecular complexity index is 1040. The van der Waals surface area contributed by atoms with Gasteiger partial charge in [0.05, 0.1) is 18.5 Å². The van der Waals surface area contributed by atoms with Gasteiger partial charge in [-0.3, -0.25) is 5.32 Å². The lowest BCUT2D eigenvalue weighted by molar-refractivity contribution is 0.0607. The normalized spacial score (nSPS) is 10.4. The molecular weight excluding hydrogens is 358 g/mol. The van der Waals surface area contributed by atoms with E-state index in [0.29, 0.717) is 16.7 Å². The van der Waals surface area contributed by atoms with E-state index < -0.39 is 17.6 Å². The van der Waals surface area contributed by atoms with Crippen LogP contribution < -0.4 is 21.6 Å². The van der Waals surface area contributed by atoms with Crippen molar-refractivity contribution in [2.75, 3.05) is 30.1 Å². The number of carbonyl (C=O) groups is 2. The quantitative estimate of drug-likeness (QED) is 0.478. The first kappa shape index (κ1) is 17.5. The topological polar surface area (TPSA) is 110 Å². The molecule has 0 atom stereocenters. The fourth-order valence-electron chi connectivity index (χ4n) is 2.45. The Kier molecular flexibility index (Phi) is 4.90. The maximum absolute atomic E-state index is 12.3. The molecule has 3 aromatic rings. The van der Waals surface area contributed by atoms with Gasteiger partial charge in [0.15, 0.2) is 5.69 Å². The van der Waals surface area contributed by atoms with Crippen molar-refractivity contribution < 1.29 is 18.7 Å². The van der Waals surface area contributed by atoms with Crippen molar-refractivity contribution in [1.82, 2.24) is 0 Å². The zero-order valence-corrected chi connectivity index (χ0v) is 14.7. The molecule has 9 heteroatoms. The van der Waals surface area contributed by atoms with Gasteiger partial charge in [-0.25, -0.2) is 14.4 Å². The molecule has 3 rings (SSSR count). The average molecular weight is 373 g/mol. The molecule has 0 radical (unpaired) electrons. The Morgan fingerprint density at radius 1 is 1.12 bits per heavy atom. The zero-order valence-electron chi connectivity index (χ0n) is 13.9. The van der Waals surface area contributed by atoms with Gasteiger partial charge in [0.25, 0.3) is 0 Å². The third-order valence-corrected chi connectivity index (χ3v) is 4.48. The number of carbonyl (C=O) groups excluding carboxylic acids is 2. The number of amides is 2. The van der Waals surface area contributed by atoms with Crippen molar-refractivity contribution in [1.29, 1.82) is 0 Å². The number of benzene rings is 1. The molecule has 0 aliphatic carbocycles. The predicted molar refractivity (Wildman–Crippen MR) is 100 cm³/mol. The summed E-state index contributed by atoms with van der Waals surface area (Å²) in [6, 6.07) is 7.85. The van der Waals surface area contributed by atoms with Crippen molar-refractivity contribution in [2.24, 2.45) is 0 Å². The zero-order chi connectivity index (χ0) is 18.7. The van der Waals surface area contributed by atoms with E-state index in [1.54, 1.807) is 42.8 Å². The summed E-state index contributed by atoms with van der Waals surface area (Å²) >= 11 is 1.13. The second-order valence-electron chi connectivity index (χ2n) is 5.12. The molecule has 1 aromatic carbocycles. The molecule has 8 nitrogen and oxygen atoms in total. The van der Waals surface area contributed by atoms with Crippen LogP contribution >= 0.6 is 11.3 Å². The molecule has 2 amide bonds. The number of fused-ring (bicyclic) bond motifs is 1. The van der Waals surface area contributed by atoms with Crippen LogP contribution in [-0.4, -0.2) is 26.2 Å². The summed E-state index contributed by atoms with van der Waals surface area (Å²) < 4.78 is 9.90. The van der Waals surface area contributed by atoms with E-state index in [0.717, 1.165) is 11.3 Å². The van der Waals surface area contributed by atoms with Crippen LogP contribution in [0.2, 0.25) is 0 Å². The first-order chi connectivity index (χ1) is 12.5. The average Bonchev–Trinajstić information content (AvgIpc) is 3.09. The monoisotopic (exact) mass is 373 g/mol. The maximum Gasteiger partial charge on any atom is 0.362 e. The Labute approximate surface area is 151 Å². The third kappa shape index (κ3) is 3.24. The summed E-state index contributed by atoms with van der Waals surface area (Å²) in [7, 11) is 2.89. The SMILES string of the molecule is CNc1c(NC(=O)Nc2ccsc2C(=O)OC)c(=O)oc2ccccc12. The van der Waals surface area contributed by atoms with Crippen LogP contribution in [0.3, 0.4) is 0 Å². The first-order valence-corrected chi connectivity index (χ1v) is 8.40. The van der Waals surface area contributed by atoms with Gasteiger partial charge in [0.1, 0.15) is 10.5 Å². The first-order valence-electron chi connectivity index (χ1n) is 7.52. The Balaban J connectivity index is 1.91. The minimum absolute atomic E-state index is 0.0291. The molecule has 0 saturated heterocycles. The minimum Gasteiger partial charge on any atom is -0.465 e. The minimum atomic E-state index is -0.693. The van der Waals surface area contributed by atoms with Crippen LogP contribution in [0.5, 0.6) is 0 Å². The number of esters is 1. The summed E-state index contributed by atoms with van der Waals surface area (Å²) in [6.07, 6.45) is 0. The molecule has 134 valence electrons. The third-order valence-electron chi connectivity index (χ3n) is 3.59. The van der Waals surface area contributed by atoms with E-state index in [1.165, 1.54) is 7.11 Å². The Morgan fingerprint density at radius 3 is 2.62 bits per heavy atom. The molecule has 0 saturated carbocycles.